The summed E-state index contributed by atoms with van der Waals surface area (Å²) in [5, 5.41) is 0. The maximum absolute atomic E-state index is 12.0. The van der Waals surface area contributed by atoms with Gasteiger partial charge in [-0.05, 0) is 25.7 Å². The van der Waals surface area contributed by atoms with Gasteiger partial charge in [0.1, 0.15) is 19.0 Å². The topological polar surface area (TPSA) is 73.1 Å². The van der Waals surface area contributed by atoms with Gasteiger partial charge in [-0.1, -0.05) is 0 Å². The van der Waals surface area contributed by atoms with Gasteiger partial charge in [-0.2, -0.15) is 13.2 Å². The van der Waals surface area contributed by atoms with E-state index in [0.29, 0.717) is 5.82 Å². The van der Waals surface area contributed by atoms with E-state index in [1.165, 1.54) is 0 Å². The van der Waals surface area contributed by atoms with E-state index in [2.05, 4.69) is 20.1 Å². The predicted molar refractivity (Wildman–Crippen MR) is 62.2 cm³/mol. The molecule has 0 atom stereocenters. The second kappa shape index (κ2) is 5.70. The van der Waals surface area contributed by atoms with Crippen molar-refractivity contribution in [3.8, 4) is 0 Å². The van der Waals surface area contributed by atoms with Crippen LogP contribution in [0.2, 0.25) is 0 Å². The number of rotatable bonds is 4. The molecule has 1 aromatic rings. The minimum Gasteiger partial charge on any atom is -0.364 e. The lowest BCUT2D eigenvalue weighted by Gasteiger charge is -2.18. The molecule has 106 valence electrons. The molecule has 0 amide bonds. The summed E-state index contributed by atoms with van der Waals surface area (Å²) >= 11 is 0. The Balaban J connectivity index is 2.09. The smallest absolute Gasteiger partial charge is 0.364 e. The summed E-state index contributed by atoms with van der Waals surface area (Å²) < 4.78 is 40.5. The Morgan fingerprint density at radius 3 is 2.63 bits per heavy atom. The molecule has 8 heteroatoms. The van der Waals surface area contributed by atoms with Gasteiger partial charge in [-0.3, -0.25) is 0 Å². The van der Waals surface area contributed by atoms with Crippen molar-refractivity contribution in [3.63, 3.8) is 0 Å². The van der Waals surface area contributed by atoms with Crippen LogP contribution in [0.25, 0.3) is 0 Å². The molecule has 0 saturated heterocycles. The largest absolute Gasteiger partial charge is 0.411 e. The lowest BCUT2D eigenvalue weighted by molar-refractivity contribution is -0.177. The molecule has 0 saturated carbocycles. The van der Waals surface area contributed by atoms with Crippen LogP contribution in [0.1, 0.15) is 29.9 Å². The summed E-state index contributed by atoms with van der Waals surface area (Å²) in [4.78, 5) is 8.33. The number of fused-ring (bicyclic) bond motifs is 1. The summed E-state index contributed by atoms with van der Waals surface area (Å²) in [5.41, 5.74) is 4.27. The van der Waals surface area contributed by atoms with Crippen molar-refractivity contribution in [3.05, 3.63) is 17.1 Å². The first-order valence-corrected chi connectivity index (χ1v) is 5.99. The number of ether oxygens (including phenoxy) is 1. The minimum atomic E-state index is -4.34. The molecule has 3 N–H and O–H groups in total. The zero-order chi connectivity index (χ0) is 13.9. The van der Waals surface area contributed by atoms with Gasteiger partial charge in [0.15, 0.2) is 5.82 Å². The number of hydrogen-bond acceptors (Lipinski definition) is 5. The normalized spacial score (nSPS) is 15.2. The number of alkyl halides is 3. The Morgan fingerprint density at radius 2 is 1.95 bits per heavy atom. The number of aromatic nitrogens is 2. The standard InChI is InChI=1S/C11H15F3N4O/c12-11(13,14)6-19-5-9-16-8-4-2-1-3-7(8)10(17-9)18-15/h1-6,15H2,(H,16,17,18). The van der Waals surface area contributed by atoms with Gasteiger partial charge in [0.05, 0.1) is 0 Å². The number of halogens is 3. The monoisotopic (exact) mass is 276 g/mol. The molecule has 0 fully saturated rings. The van der Waals surface area contributed by atoms with Crippen LogP contribution in [-0.2, 0) is 24.2 Å². The average molecular weight is 276 g/mol. The van der Waals surface area contributed by atoms with Gasteiger partial charge in [-0.25, -0.2) is 15.8 Å². The van der Waals surface area contributed by atoms with E-state index in [1.54, 1.807) is 0 Å². The highest BCUT2D eigenvalue weighted by Gasteiger charge is 2.27. The molecule has 1 aliphatic carbocycles. The van der Waals surface area contributed by atoms with Gasteiger partial charge in [0.2, 0.25) is 0 Å². The number of hydrazine groups is 1. The molecule has 0 aliphatic heterocycles. The molecule has 0 spiro atoms. The van der Waals surface area contributed by atoms with E-state index in [9.17, 15) is 13.2 Å². The molecule has 5 nitrogen and oxygen atoms in total. The fraction of sp³-hybridized carbons (Fsp3) is 0.636. The summed E-state index contributed by atoms with van der Waals surface area (Å²) in [5.74, 6) is 6.08. The molecule has 0 unspecified atom stereocenters. The second-order valence-corrected chi connectivity index (χ2v) is 4.37. The molecule has 19 heavy (non-hydrogen) atoms. The third-order valence-corrected chi connectivity index (χ3v) is 2.86. The van der Waals surface area contributed by atoms with Crippen LogP contribution in [0.3, 0.4) is 0 Å². The van der Waals surface area contributed by atoms with Crippen molar-refractivity contribution in [2.75, 3.05) is 12.0 Å². The van der Waals surface area contributed by atoms with Crippen LogP contribution in [0.5, 0.6) is 0 Å². The van der Waals surface area contributed by atoms with E-state index in [1.807, 2.05) is 0 Å². The van der Waals surface area contributed by atoms with Crippen LogP contribution in [0, 0.1) is 0 Å². The van der Waals surface area contributed by atoms with Crippen molar-refractivity contribution in [2.24, 2.45) is 5.84 Å². The third kappa shape index (κ3) is 3.77. The first kappa shape index (κ1) is 14.0. The average Bonchev–Trinajstić information content (AvgIpc) is 2.36. The van der Waals surface area contributed by atoms with Crippen molar-refractivity contribution in [2.45, 2.75) is 38.5 Å². The molecular formula is C11H15F3N4O. The second-order valence-electron chi connectivity index (χ2n) is 4.37. The van der Waals surface area contributed by atoms with Crippen LogP contribution >= 0.6 is 0 Å². The fourth-order valence-electron chi connectivity index (χ4n) is 2.09. The van der Waals surface area contributed by atoms with Crippen LogP contribution in [-0.4, -0.2) is 22.8 Å². The number of nitrogens with one attached hydrogen (secondary N) is 1. The van der Waals surface area contributed by atoms with Crippen molar-refractivity contribution in [1.29, 1.82) is 0 Å². The van der Waals surface area contributed by atoms with Crippen LogP contribution < -0.4 is 11.3 Å². The number of aryl methyl sites for hydroxylation is 1. The van der Waals surface area contributed by atoms with E-state index in [0.717, 1.165) is 36.9 Å². The van der Waals surface area contributed by atoms with E-state index >= 15 is 0 Å². The maximum atomic E-state index is 12.0. The number of nitrogens with zero attached hydrogens (tertiary/aromatic N) is 2. The number of nitrogens with two attached hydrogens (primary N) is 1. The molecule has 0 bridgehead atoms. The molecule has 2 rings (SSSR count). The Labute approximate surface area is 108 Å². The van der Waals surface area contributed by atoms with Gasteiger partial charge >= 0.3 is 6.18 Å². The Morgan fingerprint density at radius 1 is 1.21 bits per heavy atom. The lowest BCUT2D eigenvalue weighted by Crippen LogP contribution is -2.20. The molecule has 0 aromatic carbocycles. The van der Waals surface area contributed by atoms with Gasteiger partial charge in [-0.15, -0.1) is 0 Å². The van der Waals surface area contributed by atoms with Crippen molar-refractivity contribution < 1.29 is 17.9 Å². The summed E-state index contributed by atoms with van der Waals surface area (Å²) in [6, 6.07) is 0. The summed E-state index contributed by atoms with van der Waals surface area (Å²) in [7, 11) is 0. The highest BCUT2D eigenvalue weighted by atomic mass is 19.4. The van der Waals surface area contributed by atoms with E-state index < -0.39 is 12.8 Å². The fourth-order valence-corrected chi connectivity index (χ4v) is 2.09. The molecule has 1 aromatic heterocycles. The van der Waals surface area contributed by atoms with Gasteiger partial charge in [0.25, 0.3) is 0 Å². The first-order valence-electron chi connectivity index (χ1n) is 5.99. The van der Waals surface area contributed by atoms with Crippen LogP contribution in [0.4, 0.5) is 19.0 Å². The Kier molecular flexibility index (Phi) is 4.20. The SMILES string of the molecule is NNc1nc(COCC(F)(F)F)nc2c1CCCC2. The zero-order valence-electron chi connectivity index (χ0n) is 10.3. The Hall–Kier alpha value is -1.41. The number of nitrogen functional groups attached to an aromatic ring is 1. The first-order chi connectivity index (χ1) is 8.99. The van der Waals surface area contributed by atoms with Crippen molar-refractivity contribution >= 4 is 5.82 Å². The van der Waals surface area contributed by atoms with E-state index in [-0.39, 0.29) is 12.4 Å². The predicted octanol–water partition coefficient (Wildman–Crippen LogP) is 1.72. The molecular weight excluding hydrogens is 261 g/mol. The molecule has 1 heterocycles. The minimum absolute atomic E-state index is 0.220. The van der Waals surface area contributed by atoms with Gasteiger partial charge in [0, 0.05) is 11.3 Å². The highest BCUT2D eigenvalue weighted by molar-refractivity contribution is 5.46. The summed E-state index contributed by atoms with van der Waals surface area (Å²) in [6.45, 7) is -1.58. The number of anilines is 1. The third-order valence-electron chi connectivity index (χ3n) is 2.86. The van der Waals surface area contributed by atoms with Gasteiger partial charge < -0.3 is 10.2 Å². The number of hydrogen-bond donors (Lipinski definition) is 2. The van der Waals surface area contributed by atoms with Crippen LogP contribution in [0.15, 0.2) is 0 Å². The molecule has 0 radical (unpaired) electrons. The maximum Gasteiger partial charge on any atom is 0.411 e. The Bertz CT molecular complexity index is 433. The summed E-state index contributed by atoms with van der Waals surface area (Å²) in [6.07, 6.45) is -0.674. The zero-order valence-corrected chi connectivity index (χ0v) is 10.3. The lowest BCUT2D eigenvalue weighted by atomic mass is 9.96. The quantitative estimate of drug-likeness (QED) is 0.647. The highest BCUT2D eigenvalue weighted by Crippen LogP contribution is 2.25. The molecule has 1 aliphatic rings. The van der Waals surface area contributed by atoms with Crippen molar-refractivity contribution in [1.82, 2.24) is 9.97 Å². The van der Waals surface area contributed by atoms with E-state index in [4.69, 9.17) is 5.84 Å².